The van der Waals surface area contributed by atoms with Gasteiger partial charge in [0.05, 0.1) is 45.8 Å². The number of unbranched alkanes of at least 4 members (excludes halogenated alkanes) is 7. The average molecular weight is 1050 g/mol. The summed E-state index contributed by atoms with van der Waals surface area (Å²) in [6.07, 6.45) is 12.5. The van der Waals surface area contributed by atoms with Crippen molar-refractivity contribution in [1.29, 1.82) is 0 Å². The molecule has 74 heavy (non-hydrogen) atoms. The molecule has 21 heteroatoms. The molecule has 0 saturated carbocycles. The second-order valence-corrected chi connectivity index (χ2v) is 19.4. The maximum Gasteiger partial charge on any atom is 0.279 e. The quantitative estimate of drug-likeness (QED) is 0.0213. The Morgan fingerprint density at radius 3 is 2.22 bits per heavy atom. The van der Waals surface area contributed by atoms with Crippen LogP contribution in [0.5, 0.6) is 11.6 Å². The van der Waals surface area contributed by atoms with Crippen molar-refractivity contribution in [1.82, 2.24) is 45.2 Å². The predicted molar refractivity (Wildman–Crippen MR) is 275 cm³/mol. The van der Waals surface area contributed by atoms with Crippen molar-refractivity contribution in [3.8, 4) is 23.0 Å². The van der Waals surface area contributed by atoms with Crippen LogP contribution in [0.1, 0.15) is 143 Å². The van der Waals surface area contributed by atoms with Crippen LogP contribution in [0.15, 0.2) is 77.7 Å². The molecule has 2 unspecified atom stereocenters. The summed E-state index contributed by atoms with van der Waals surface area (Å²) in [5.74, 6) is -3.13. The number of hydrogen-bond donors (Lipinski definition) is 3. The number of aldehydes is 1. The standard InChI is InChI=1S/C53H59Cl2N9O10/c1-31(2)62-46-44(53(72)63(36(29-65)26-35(55)28-61(3)4)45(46)32-17-19-34(54)20-18-32)60-47(62)38-25-33(27-58-50(38)73-5)48(68)57-24-13-11-9-7-6-8-10-12-23-56-42(67)30-74-40-16-14-15-37-43(40)52(71)64(51(37)70)39-21-22-41(66)59-49(39)69/h14-20,25-29,31,39,45H,6-13,21-24,30H2,1-5H3,(H,56,67)(H,57,68)(H,59,66,69)/b35-28+,36-26+. The van der Waals surface area contributed by atoms with Gasteiger partial charge in [-0.05, 0) is 75.1 Å². The highest BCUT2D eigenvalue weighted by molar-refractivity contribution is 6.31. The first kappa shape index (κ1) is 54.4. The van der Waals surface area contributed by atoms with Gasteiger partial charge in [0.1, 0.15) is 23.7 Å². The van der Waals surface area contributed by atoms with E-state index in [2.05, 4.69) is 20.9 Å². The van der Waals surface area contributed by atoms with Crippen LogP contribution in [0.25, 0.3) is 11.4 Å². The molecule has 3 aliphatic rings. The van der Waals surface area contributed by atoms with Gasteiger partial charge in [-0.2, -0.15) is 0 Å². The molecule has 7 rings (SSSR count). The number of carbonyl (C=O) groups is 8. The highest BCUT2D eigenvalue weighted by Crippen LogP contribution is 2.45. The number of piperidine rings is 1. The number of amides is 7. The number of halogens is 2. The highest BCUT2D eigenvalue weighted by atomic mass is 35.5. The summed E-state index contributed by atoms with van der Waals surface area (Å²) in [6.45, 7) is 4.42. The Balaban J connectivity index is 0.861. The number of benzene rings is 2. The first-order valence-electron chi connectivity index (χ1n) is 24.5. The van der Waals surface area contributed by atoms with Gasteiger partial charge >= 0.3 is 0 Å². The van der Waals surface area contributed by atoms with E-state index in [0.717, 1.165) is 56.3 Å². The zero-order valence-corrected chi connectivity index (χ0v) is 43.4. The summed E-state index contributed by atoms with van der Waals surface area (Å²) in [7, 11) is 5.04. The number of imide groups is 2. The average Bonchev–Trinajstić information content (AvgIpc) is 3.98. The maximum absolute atomic E-state index is 14.4. The van der Waals surface area contributed by atoms with Crippen LogP contribution in [-0.2, 0) is 19.2 Å². The fourth-order valence-electron chi connectivity index (χ4n) is 9.27. The fraction of sp³-hybridized carbons (Fsp3) is 0.396. The van der Waals surface area contributed by atoms with Crippen LogP contribution >= 0.6 is 23.2 Å². The van der Waals surface area contributed by atoms with Gasteiger partial charge in [0.15, 0.2) is 18.6 Å². The second-order valence-electron chi connectivity index (χ2n) is 18.6. The Hall–Kier alpha value is -7.38. The molecule has 0 radical (unpaired) electrons. The molecule has 4 aromatic rings. The highest BCUT2D eigenvalue weighted by Gasteiger charge is 2.47. The van der Waals surface area contributed by atoms with Crippen molar-refractivity contribution in [2.45, 2.75) is 96.2 Å². The third-order valence-electron chi connectivity index (χ3n) is 12.7. The number of allylic oxidation sites excluding steroid dienone is 3. The van der Waals surface area contributed by atoms with E-state index >= 15 is 0 Å². The van der Waals surface area contributed by atoms with Gasteiger partial charge in [-0.3, -0.25) is 53.5 Å². The van der Waals surface area contributed by atoms with Gasteiger partial charge in [0.25, 0.3) is 29.5 Å². The number of pyridine rings is 1. The lowest BCUT2D eigenvalue weighted by molar-refractivity contribution is -0.136. The van der Waals surface area contributed by atoms with Gasteiger partial charge in [0.2, 0.25) is 17.7 Å². The summed E-state index contributed by atoms with van der Waals surface area (Å²) < 4.78 is 13.2. The van der Waals surface area contributed by atoms with Crippen molar-refractivity contribution in [2.75, 3.05) is 40.9 Å². The Kier molecular flexibility index (Phi) is 18.1. The molecule has 390 valence electrons. The van der Waals surface area contributed by atoms with Crippen LogP contribution in [0.3, 0.4) is 0 Å². The summed E-state index contributed by atoms with van der Waals surface area (Å²) in [6, 6.07) is 11.0. The number of methoxy groups -OCH3 is 1. The van der Waals surface area contributed by atoms with E-state index < -0.39 is 41.6 Å². The van der Waals surface area contributed by atoms with Crippen LogP contribution in [0.2, 0.25) is 5.02 Å². The summed E-state index contributed by atoms with van der Waals surface area (Å²) in [5.41, 5.74) is 2.11. The molecule has 0 aliphatic carbocycles. The van der Waals surface area contributed by atoms with Crippen molar-refractivity contribution >= 4 is 70.8 Å². The third kappa shape index (κ3) is 12.2. The lowest BCUT2D eigenvalue weighted by Crippen LogP contribution is -2.54. The maximum atomic E-state index is 14.4. The van der Waals surface area contributed by atoms with Crippen molar-refractivity contribution < 1.29 is 47.8 Å². The second kappa shape index (κ2) is 24.6. The molecule has 2 aromatic carbocycles. The molecule has 2 aromatic heterocycles. The molecule has 7 amide bonds. The predicted octanol–water partition coefficient (Wildman–Crippen LogP) is 6.90. The first-order chi connectivity index (χ1) is 35.5. The molecule has 1 saturated heterocycles. The van der Waals surface area contributed by atoms with Crippen LogP contribution < -0.4 is 25.4 Å². The van der Waals surface area contributed by atoms with E-state index in [1.807, 2.05) is 18.4 Å². The minimum atomic E-state index is -1.11. The zero-order chi connectivity index (χ0) is 53.2. The zero-order valence-electron chi connectivity index (χ0n) is 41.9. The number of ether oxygens (including phenoxy) is 2. The number of rotatable bonds is 24. The van der Waals surface area contributed by atoms with Gasteiger partial charge in [0, 0.05) is 57.1 Å². The molecular formula is C53H59Cl2N9O10. The monoisotopic (exact) mass is 1050 g/mol. The molecule has 0 spiro atoms. The lowest BCUT2D eigenvalue weighted by atomic mass is 10.0. The van der Waals surface area contributed by atoms with Crippen LogP contribution in [0, 0.1) is 0 Å². The van der Waals surface area contributed by atoms with E-state index in [1.54, 1.807) is 55.5 Å². The molecule has 2 atom stereocenters. The summed E-state index contributed by atoms with van der Waals surface area (Å²) in [5, 5.41) is 8.71. The van der Waals surface area contributed by atoms with E-state index in [0.29, 0.717) is 47.0 Å². The Bertz CT molecular complexity index is 2900. The normalized spacial score (nSPS) is 16.6. The van der Waals surface area contributed by atoms with E-state index in [4.69, 9.17) is 37.7 Å². The number of aromatic nitrogens is 3. The number of imidazole rings is 1. The SMILES string of the molecule is COc1ncc(C(=O)NCCCCCCCCCCNC(=O)COc2cccc3c2C(=O)N(C2CCC(=O)NC2=O)C3=O)cc1-c1nc2c(n1C(C)C)C(c1ccc(Cl)cc1)N(/C(C=O)=C/C(Cl)=C\N(C)C)C2=O. The smallest absolute Gasteiger partial charge is 0.279 e. The van der Waals surface area contributed by atoms with Crippen molar-refractivity contribution in [3.63, 3.8) is 0 Å². The Morgan fingerprint density at radius 2 is 1.58 bits per heavy atom. The fourth-order valence-corrected chi connectivity index (χ4v) is 9.71. The molecule has 1 fully saturated rings. The van der Waals surface area contributed by atoms with E-state index in [1.165, 1.54) is 42.5 Å². The number of carbonyl (C=O) groups excluding carboxylic acids is 8. The molecule has 3 aliphatic heterocycles. The molecule has 0 bridgehead atoms. The minimum absolute atomic E-state index is 0.00497. The van der Waals surface area contributed by atoms with Gasteiger partial charge in [-0.1, -0.05) is 79.9 Å². The van der Waals surface area contributed by atoms with Crippen LogP contribution in [-0.4, -0.2) is 124 Å². The number of nitrogens with zero attached hydrogens (tertiary/aromatic N) is 6. The molecular weight excluding hydrogens is 994 g/mol. The largest absolute Gasteiger partial charge is 0.483 e. The van der Waals surface area contributed by atoms with Gasteiger partial charge in [-0.25, -0.2) is 9.97 Å². The minimum Gasteiger partial charge on any atom is -0.483 e. The number of hydrogen-bond acceptors (Lipinski definition) is 13. The van der Waals surface area contributed by atoms with Crippen molar-refractivity contribution in [2.24, 2.45) is 0 Å². The number of nitrogens with one attached hydrogen (secondary N) is 3. The van der Waals surface area contributed by atoms with Gasteiger partial charge in [-0.15, -0.1) is 0 Å². The molecule has 5 heterocycles. The van der Waals surface area contributed by atoms with Crippen molar-refractivity contribution in [3.05, 3.63) is 116 Å². The number of fused-ring (bicyclic) bond motifs is 2. The Morgan fingerprint density at radius 1 is 0.905 bits per heavy atom. The lowest BCUT2D eigenvalue weighted by Gasteiger charge is -2.28. The first-order valence-corrected chi connectivity index (χ1v) is 25.3. The summed E-state index contributed by atoms with van der Waals surface area (Å²) in [4.78, 5) is 117. The molecule has 19 nitrogen and oxygen atoms in total. The van der Waals surface area contributed by atoms with Gasteiger partial charge < -0.3 is 29.6 Å². The van der Waals surface area contributed by atoms with E-state index in [9.17, 15) is 38.4 Å². The van der Waals surface area contributed by atoms with E-state index in [-0.39, 0.29) is 82.0 Å². The topological polar surface area (TPSA) is 232 Å². The summed E-state index contributed by atoms with van der Waals surface area (Å²) >= 11 is 12.8. The molecule has 3 N–H and O–H groups in total. The van der Waals surface area contributed by atoms with Crippen LogP contribution in [0.4, 0.5) is 0 Å². The Labute approximate surface area is 438 Å². The third-order valence-corrected chi connectivity index (χ3v) is 13.2.